The monoisotopic (exact) mass is 957 g/mol. The molecule has 0 saturated carbocycles. The topological polar surface area (TPSA) is 241 Å². The molecule has 0 radical (unpaired) electrons. The summed E-state index contributed by atoms with van der Waals surface area (Å²) in [4.78, 5) is 74.1. The largest absolute Gasteiger partial charge is 0.493 e. The van der Waals surface area contributed by atoms with E-state index in [0.29, 0.717) is 84.6 Å². The molecule has 6 amide bonds. The van der Waals surface area contributed by atoms with Crippen molar-refractivity contribution in [3.8, 4) is 23.0 Å². The zero-order chi connectivity index (χ0) is 49.5. The van der Waals surface area contributed by atoms with Gasteiger partial charge in [0.15, 0.2) is 23.0 Å². The number of aliphatic imine (C=N–C) groups is 1. The van der Waals surface area contributed by atoms with Gasteiger partial charge < -0.3 is 61.5 Å². The summed E-state index contributed by atoms with van der Waals surface area (Å²) < 4.78 is 23.8. The average molecular weight is 958 g/mol. The lowest BCUT2D eigenvalue weighted by atomic mass is 9.93. The lowest BCUT2D eigenvalue weighted by molar-refractivity contribution is -0.128. The van der Waals surface area contributed by atoms with Gasteiger partial charge in [-0.1, -0.05) is 44.2 Å². The Balaban J connectivity index is 0.843. The second kappa shape index (κ2) is 22.0. The second-order valence-electron chi connectivity index (χ2n) is 18.5. The van der Waals surface area contributed by atoms with E-state index in [1.54, 1.807) is 42.5 Å². The number of benzene rings is 4. The Morgan fingerprint density at radius 1 is 0.771 bits per heavy atom. The van der Waals surface area contributed by atoms with Crippen molar-refractivity contribution in [2.75, 3.05) is 51.2 Å². The first-order chi connectivity index (χ1) is 33.8. The van der Waals surface area contributed by atoms with Crippen molar-refractivity contribution in [1.82, 2.24) is 20.4 Å². The van der Waals surface area contributed by atoms with E-state index in [9.17, 15) is 24.0 Å². The van der Waals surface area contributed by atoms with Gasteiger partial charge in [-0.3, -0.25) is 24.2 Å². The molecule has 8 N–H and O–H groups in total. The Morgan fingerprint density at radius 2 is 1.44 bits per heavy atom. The highest BCUT2D eigenvalue weighted by atomic mass is 16.5. The summed E-state index contributed by atoms with van der Waals surface area (Å²) in [6.07, 6.45) is 6.01. The summed E-state index contributed by atoms with van der Waals surface area (Å²) >= 11 is 0. The van der Waals surface area contributed by atoms with Gasteiger partial charge in [0.25, 0.3) is 11.8 Å². The highest BCUT2D eigenvalue weighted by molar-refractivity contribution is 6.04. The number of hydrogen-bond donors (Lipinski definition) is 6. The number of nitrogens with two attached hydrogens (primary N) is 2. The molecule has 0 bridgehead atoms. The molecule has 4 aliphatic rings. The van der Waals surface area contributed by atoms with E-state index in [0.717, 1.165) is 42.5 Å². The highest BCUT2D eigenvalue weighted by Crippen LogP contribution is 2.40. The van der Waals surface area contributed by atoms with Crippen molar-refractivity contribution >= 4 is 52.9 Å². The number of amides is 6. The van der Waals surface area contributed by atoms with Crippen LogP contribution in [0.4, 0.5) is 21.9 Å². The fourth-order valence-corrected chi connectivity index (χ4v) is 9.34. The molecular formula is C52H63N9O9. The number of ether oxygens (including phenoxy) is 4. The van der Waals surface area contributed by atoms with Crippen LogP contribution in [0.5, 0.6) is 23.0 Å². The van der Waals surface area contributed by atoms with Crippen LogP contribution in [-0.2, 0) is 35.5 Å². The van der Waals surface area contributed by atoms with E-state index in [-0.39, 0.29) is 49.3 Å². The molecule has 4 aromatic carbocycles. The van der Waals surface area contributed by atoms with Gasteiger partial charge in [-0.25, -0.2) is 4.79 Å². The molecule has 4 aliphatic heterocycles. The van der Waals surface area contributed by atoms with Crippen LogP contribution in [0.25, 0.3) is 0 Å². The van der Waals surface area contributed by atoms with E-state index in [2.05, 4.69) is 33.4 Å². The third kappa shape index (κ3) is 11.1. The lowest BCUT2D eigenvalue weighted by Gasteiger charge is -2.35. The molecule has 18 heteroatoms. The maximum atomic E-state index is 14.2. The van der Waals surface area contributed by atoms with Crippen LogP contribution < -0.4 is 51.7 Å². The Morgan fingerprint density at radius 3 is 2.16 bits per heavy atom. The Hall–Kier alpha value is -7.34. The van der Waals surface area contributed by atoms with Crippen LogP contribution in [0, 0.1) is 5.92 Å². The van der Waals surface area contributed by atoms with Crippen molar-refractivity contribution in [3.63, 3.8) is 0 Å². The standard InChI is InChI=1S/C52H63N9O9/c1-30(2)47(53)49(63)59-40(13-10-16-55-52(54)66)48(62)58-35-15-14-32-21-37-27-57-42-25-46(44(68-4)23-39(42)51(65)61(37)29-34(32)19-35)70-18-9-5-8-17-69-45-24-41-38(22-43(45)67-3)50(64)60-28-33-12-7-6-11-31(33)20-36(60)26-56-41/h6-7,11-12,14-15,19,22-25,27,30,36-37,40,47,56H,5,8-10,13,16-18,20-21,26,28-29,53H2,1-4H3,(H,58,62)(H,59,63)(H3,54,55,66)/t36-,37-,40-,47-/m0/s1. The van der Waals surface area contributed by atoms with E-state index in [4.69, 9.17) is 35.4 Å². The first-order valence-electron chi connectivity index (χ1n) is 24.0. The van der Waals surface area contributed by atoms with E-state index < -0.39 is 29.9 Å². The van der Waals surface area contributed by atoms with E-state index in [1.165, 1.54) is 18.2 Å². The van der Waals surface area contributed by atoms with Crippen LogP contribution in [0.1, 0.15) is 88.9 Å². The van der Waals surface area contributed by atoms with Crippen molar-refractivity contribution < 1.29 is 42.9 Å². The number of methoxy groups -OCH3 is 2. The maximum Gasteiger partial charge on any atom is 0.312 e. The molecule has 70 heavy (non-hydrogen) atoms. The molecule has 0 aromatic heterocycles. The zero-order valence-electron chi connectivity index (χ0n) is 40.2. The molecule has 0 aliphatic carbocycles. The molecule has 4 heterocycles. The lowest BCUT2D eigenvalue weighted by Crippen LogP contribution is -2.51. The van der Waals surface area contributed by atoms with Gasteiger partial charge in [-0.05, 0) is 97.4 Å². The van der Waals surface area contributed by atoms with Crippen molar-refractivity contribution in [2.45, 2.75) is 96.1 Å². The molecule has 4 aromatic rings. The number of urea groups is 1. The minimum absolute atomic E-state index is 0.0227. The van der Waals surface area contributed by atoms with Gasteiger partial charge in [0.05, 0.1) is 68.1 Å². The van der Waals surface area contributed by atoms with Crippen LogP contribution in [0.2, 0.25) is 0 Å². The summed E-state index contributed by atoms with van der Waals surface area (Å²) in [5, 5.41) is 11.7. The fourth-order valence-electron chi connectivity index (χ4n) is 9.34. The SMILES string of the molecule is COc1cc2c(cc1OCCCCCOc1cc3c(cc1OC)C(=O)N1Cc4ccccc4C[C@H]1CN3)N=C[C@@H]1Cc3ccc(NC(=O)[C@H](CCCNC(N)=O)NC(=O)[C@@H](N)C(C)C)cc3CN1C2=O. The number of unbranched alkanes of at least 4 members (excludes halogenated alkanes) is 2. The van der Waals surface area contributed by atoms with Crippen LogP contribution in [0.3, 0.4) is 0 Å². The summed E-state index contributed by atoms with van der Waals surface area (Å²) in [5.74, 6) is 0.695. The number of carbonyl (C=O) groups excluding carboxylic acids is 5. The van der Waals surface area contributed by atoms with Gasteiger partial charge in [0, 0.05) is 50.2 Å². The normalized spacial score (nSPS) is 17.4. The highest BCUT2D eigenvalue weighted by Gasteiger charge is 2.36. The van der Waals surface area contributed by atoms with Gasteiger partial charge in [-0.2, -0.15) is 0 Å². The zero-order valence-corrected chi connectivity index (χ0v) is 40.2. The quantitative estimate of drug-likeness (QED) is 0.0645. The summed E-state index contributed by atoms with van der Waals surface area (Å²) in [6.45, 7) is 6.20. The molecule has 0 fully saturated rings. The van der Waals surface area contributed by atoms with E-state index >= 15 is 0 Å². The molecule has 18 nitrogen and oxygen atoms in total. The molecule has 0 saturated heterocycles. The van der Waals surface area contributed by atoms with Gasteiger partial charge in [0.1, 0.15) is 6.04 Å². The van der Waals surface area contributed by atoms with Crippen molar-refractivity contribution in [1.29, 1.82) is 0 Å². The van der Waals surface area contributed by atoms with E-state index in [1.807, 2.05) is 49.1 Å². The van der Waals surface area contributed by atoms with Crippen LogP contribution >= 0.6 is 0 Å². The van der Waals surface area contributed by atoms with Gasteiger partial charge in [0.2, 0.25) is 11.8 Å². The minimum Gasteiger partial charge on any atom is -0.493 e. The molecule has 0 unspecified atom stereocenters. The maximum absolute atomic E-state index is 14.2. The molecule has 370 valence electrons. The summed E-state index contributed by atoms with van der Waals surface area (Å²) in [7, 11) is 3.11. The fraction of sp³-hybridized carbons (Fsp3) is 0.423. The molecule has 4 atom stereocenters. The molecule has 8 rings (SSSR count). The minimum atomic E-state index is -0.922. The third-order valence-corrected chi connectivity index (χ3v) is 13.4. The molecule has 0 spiro atoms. The van der Waals surface area contributed by atoms with Gasteiger partial charge in [-0.15, -0.1) is 0 Å². The number of carbonyl (C=O) groups is 5. The van der Waals surface area contributed by atoms with Crippen LogP contribution in [-0.4, -0.2) is 110 Å². The number of primary amides is 1. The number of rotatable bonds is 19. The second-order valence-corrected chi connectivity index (χ2v) is 18.5. The molecular weight excluding hydrogens is 895 g/mol. The number of fused-ring (bicyclic) bond motifs is 6. The van der Waals surface area contributed by atoms with Crippen molar-refractivity contribution in [2.24, 2.45) is 22.4 Å². The Bertz CT molecular complexity index is 2660. The summed E-state index contributed by atoms with van der Waals surface area (Å²) in [5.41, 5.74) is 18.3. The third-order valence-electron chi connectivity index (χ3n) is 13.4. The number of hydrogen-bond acceptors (Lipinski definition) is 12. The number of nitrogens with one attached hydrogen (secondary N) is 4. The predicted octanol–water partition coefficient (Wildman–Crippen LogP) is 5.46. The summed E-state index contributed by atoms with van der Waals surface area (Å²) in [6, 6.07) is 18.2. The first kappa shape index (κ1) is 49.1. The first-order valence-corrected chi connectivity index (χ1v) is 24.0. The van der Waals surface area contributed by atoms with Crippen molar-refractivity contribution in [3.05, 3.63) is 100 Å². The predicted molar refractivity (Wildman–Crippen MR) is 265 cm³/mol. The Kier molecular flexibility index (Phi) is 15.4. The van der Waals surface area contributed by atoms with Gasteiger partial charge >= 0.3 is 6.03 Å². The number of anilines is 2. The number of nitrogens with zero attached hydrogens (tertiary/aromatic N) is 3. The Labute approximate surface area is 407 Å². The smallest absolute Gasteiger partial charge is 0.312 e. The average Bonchev–Trinajstić information content (AvgIpc) is 3.57. The van der Waals surface area contributed by atoms with Crippen LogP contribution in [0.15, 0.2) is 71.7 Å².